The SMILES string of the molecule is CC1(C(=O)N2CCCN(Cc3ccc(F)cc3)CC2)CCCO1. The van der Waals surface area contributed by atoms with Crippen LogP contribution in [-0.2, 0) is 16.1 Å². The molecule has 23 heavy (non-hydrogen) atoms. The Morgan fingerprint density at radius 2 is 1.96 bits per heavy atom. The van der Waals surface area contributed by atoms with Crippen molar-refractivity contribution in [3.8, 4) is 0 Å². The van der Waals surface area contributed by atoms with Crippen LogP contribution in [0.15, 0.2) is 24.3 Å². The molecule has 2 aliphatic rings. The Morgan fingerprint density at radius 1 is 1.17 bits per heavy atom. The van der Waals surface area contributed by atoms with Crippen molar-refractivity contribution in [1.82, 2.24) is 9.80 Å². The van der Waals surface area contributed by atoms with Gasteiger partial charge in [-0.1, -0.05) is 12.1 Å². The normalized spacial score (nSPS) is 26.3. The predicted molar refractivity (Wildman–Crippen MR) is 86.5 cm³/mol. The van der Waals surface area contributed by atoms with Gasteiger partial charge in [0.1, 0.15) is 11.4 Å². The van der Waals surface area contributed by atoms with Gasteiger partial charge in [0.05, 0.1) is 0 Å². The Hall–Kier alpha value is -1.46. The minimum Gasteiger partial charge on any atom is -0.365 e. The van der Waals surface area contributed by atoms with Gasteiger partial charge in [0, 0.05) is 39.3 Å². The summed E-state index contributed by atoms with van der Waals surface area (Å²) in [6.07, 6.45) is 2.75. The van der Waals surface area contributed by atoms with Gasteiger partial charge >= 0.3 is 0 Å². The number of amides is 1. The van der Waals surface area contributed by atoms with E-state index in [-0.39, 0.29) is 11.7 Å². The summed E-state index contributed by atoms with van der Waals surface area (Å²) < 4.78 is 18.7. The lowest BCUT2D eigenvalue weighted by Crippen LogP contribution is -2.48. The first-order valence-electron chi connectivity index (χ1n) is 8.47. The van der Waals surface area contributed by atoms with E-state index in [9.17, 15) is 9.18 Å². The number of halogens is 1. The van der Waals surface area contributed by atoms with E-state index in [1.54, 1.807) is 0 Å². The number of ether oxygens (including phenoxy) is 1. The monoisotopic (exact) mass is 320 g/mol. The first-order chi connectivity index (χ1) is 11.1. The van der Waals surface area contributed by atoms with Gasteiger partial charge in [-0.2, -0.15) is 0 Å². The number of nitrogens with zero attached hydrogens (tertiary/aromatic N) is 2. The Morgan fingerprint density at radius 3 is 2.65 bits per heavy atom. The van der Waals surface area contributed by atoms with Crippen LogP contribution in [0.5, 0.6) is 0 Å². The highest BCUT2D eigenvalue weighted by atomic mass is 19.1. The molecule has 1 unspecified atom stereocenters. The molecule has 1 aromatic rings. The van der Waals surface area contributed by atoms with Crippen LogP contribution in [-0.4, -0.2) is 54.1 Å². The Kier molecular flexibility index (Phi) is 4.97. The third-order valence-corrected chi connectivity index (χ3v) is 4.87. The number of carbonyl (C=O) groups is 1. The minimum absolute atomic E-state index is 0.138. The van der Waals surface area contributed by atoms with E-state index in [1.165, 1.54) is 12.1 Å². The second-order valence-electron chi connectivity index (χ2n) is 6.73. The van der Waals surface area contributed by atoms with Crippen LogP contribution in [0.4, 0.5) is 4.39 Å². The van der Waals surface area contributed by atoms with Crippen molar-refractivity contribution in [2.45, 2.75) is 38.3 Å². The zero-order valence-electron chi connectivity index (χ0n) is 13.8. The number of hydrogen-bond donors (Lipinski definition) is 0. The molecule has 2 fully saturated rings. The van der Waals surface area contributed by atoms with Gasteiger partial charge in [-0.25, -0.2) is 4.39 Å². The number of hydrogen-bond acceptors (Lipinski definition) is 3. The summed E-state index contributed by atoms with van der Waals surface area (Å²) in [6, 6.07) is 6.66. The van der Waals surface area contributed by atoms with Gasteiger partial charge < -0.3 is 9.64 Å². The zero-order chi connectivity index (χ0) is 16.3. The Labute approximate surface area is 137 Å². The molecule has 1 atom stereocenters. The highest BCUT2D eigenvalue weighted by molar-refractivity contribution is 5.85. The number of benzene rings is 1. The molecule has 0 N–H and O–H groups in total. The van der Waals surface area contributed by atoms with E-state index in [0.29, 0.717) is 6.61 Å². The molecule has 4 nitrogen and oxygen atoms in total. The molecule has 1 aromatic carbocycles. The molecule has 0 aromatic heterocycles. The first kappa shape index (κ1) is 16.4. The summed E-state index contributed by atoms with van der Waals surface area (Å²) >= 11 is 0. The van der Waals surface area contributed by atoms with Crippen molar-refractivity contribution in [2.75, 3.05) is 32.8 Å². The van der Waals surface area contributed by atoms with Crippen molar-refractivity contribution >= 4 is 5.91 Å². The summed E-state index contributed by atoms with van der Waals surface area (Å²) in [7, 11) is 0. The molecule has 0 radical (unpaired) electrons. The van der Waals surface area contributed by atoms with Gasteiger partial charge in [0.25, 0.3) is 5.91 Å². The molecule has 0 aliphatic carbocycles. The first-order valence-corrected chi connectivity index (χ1v) is 8.47. The average molecular weight is 320 g/mol. The molecule has 3 rings (SSSR count). The van der Waals surface area contributed by atoms with Crippen molar-refractivity contribution < 1.29 is 13.9 Å². The van der Waals surface area contributed by atoms with E-state index in [0.717, 1.165) is 57.5 Å². The molecule has 0 saturated carbocycles. The second kappa shape index (κ2) is 6.97. The topological polar surface area (TPSA) is 32.8 Å². The minimum atomic E-state index is -0.619. The van der Waals surface area contributed by atoms with Crippen LogP contribution in [0.2, 0.25) is 0 Å². The lowest BCUT2D eigenvalue weighted by atomic mass is 10.0. The lowest BCUT2D eigenvalue weighted by Gasteiger charge is -2.30. The summed E-state index contributed by atoms with van der Waals surface area (Å²) in [5.74, 6) is -0.0650. The van der Waals surface area contributed by atoms with Gasteiger partial charge in [-0.05, 0) is 43.9 Å². The van der Waals surface area contributed by atoms with Crippen LogP contribution in [0.3, 0.4) is 0 Å². The van der Waals surface area contributed by atoms with Crippen molar-refractivity contribution in [2.24, 2.45) is 0 Å². The standard InChI is InChI=1S/C18H25FN2O2/c1-18(8-2-13-23-18)17(22)21-10-3-9-20(11-12-21)14-15-4-6-16(19)7-5-15/h4-7H,2-3,8-14H2,1H3. The average Bonchev–Trinajstić information content (AvgIpc) is 2.87. The van der Waals surface area contributed by atoms with Crippen molar-refractivity contribution in [1.29, 1.82) is 0 Å². The molecule has 2 saturated heterocycles. The quantitative estimate of drug-likeness (QED) is 0.857. The fourth-order valence-electron chi connectivity index (χ4n) is 3.46. The van der Waals surface area contributed by atoms with Gasteiger partial charge in [-0.15, -0.1) is 0 Å². The second-order valence-corrected chi connectivity index (χ2v) is 6.73. The highest BCUT2D eigenvalue weighted by Crippen LogP contribution is 2.27. The van der Waals surface area contributed by atoms with Crippen LogP contribution in [0.1, 0.15) is 31.7 Å². The predicted octanol–water partition coefficient (Wildman–Crippen LogP) is 2.43. The summed E-state index contributed by atoms with van der Waals surface area (Å²) in [5.41, 5.74) is 0.490. The largest absolute Gasteiger partial charge is 0.365 e. The maximum absolute atomic E-state index is 13.0. The van der Waals surface area contributed by atoms with Crippen molar-refractivity contribution in [3.05, 3.63) is 35.6 Å². The molecule has 126 valence electrons. The maximum atomic E-state index is 13.0. The third-order valence-electron chi connectivity index (χ3n) is 4.87. The molecule has 1 amide bonds. The Balaban J connectivity index is 1.56. The summed E-state index contributed by atoms with van der Waals surface area (Å²) in [6.45, 7) is 6.74. The van der Waals surface area contributed by atoms with E-state index in [4.69, 9.17) is 4.74 Å². The molecule has 2 aliphatic heterocycles. The van der Waals surface area contributed by atoms with Gasteiger partial charge in [0.2, 0.25) is 0 Å². The summed E-state index contributed by atoms with van der Waals surface area (Å²) in [5, 5.41) is 0. The molecule has 2 heterocycles. The fourth-order valence-corrected chi connectivity index (χ4v) is 3.46. The number of carbonyl (C=O) groups excluding carboxylic acids is 1. The molecular weight excluding hydrogens is 295 g/mol. The third kappa shape index (κ3) is 3.90. The number of rotatable bonds is 3. The smallest absolute Gasteiger partial charge is 0.254 e. The van der Waals surface area contributed by atoms with Gasteiger partial charge in [-0.3, -0.25) is 9.69 Å². The van der Waals surface area contributed by atoms with Crippen molar-refractivity contribution in [3.63, 3.8) is 0 Å². The maximum Gasteiger partial charge on any atom is 0.254 e. The zero-order valence-corrected chi connectivity index (χ0v) is 13.8. The van der Waals surface area contributed by atoms with Crippen LogP contribution < -0.4 is 0 Å². The Bertz CT molecular complexity index is 540. The van der Waals surface area contributed by atoms with E-state index in [1.807, 2.05) is 24.0 Å². The molecular formula is C18H25FN2O2. The fraction of sp³-hybridized carbons (Fsp3) is 0.611. The van der Waals surface area contributed by atoms with E-state index >= 15 is 0 Å². The van der Waals surface area contributed by atoms with E-state index in [2.05, 4.69) is 4.90 Å². The van der Waals surface area contributed by atoms with E-state index < -0.39 is 5.60 Å². The van der Waals surface area contributed by atoms with Crippen LogP contribution in [0.25, 0.3) is 0 Å². The lowest BCUT2D eigenvalue weighted by molar-refractivity contribution is -0.150. The van der Waals surface area contributed by atoms with Crippen LogP contribution >= 0.6 is 0 Å². The molecule has 0 bridgehead atoms. The summed E-state index contributed by atoms with van der Waals surface area (Å²) in [4.78, 5) is 17.0. The van der Waals surface area contributed by atoms with Gasteiger partial charge in [0.15, 0.2) is 0 Å². The highest BCUT2D eigenvalue weighted by Gasteiger charge is 2.40. The molecule has 5 heteroatoms. The molecule has 0 spiro atoms. The van der Waals surface area contributed by atoms with Crippen LogP contribution in [0, 0.1) is 5.82 Å².